The SMILES string of the molecule is CC(C)(Oc1ccc(F)cc1)C(=O)NC1CCN(Sc2ccc(C(=O)O)cc2)CC1. The van der Waals surface area contributed by atoms with Crippen LogP contribution in [0.5, 0.6) is 5.75 Å². The number of nitrogens with zero attached hydrogens (tertiary/aromatic N) is 1. The van der Waals surface area contributed by atoms with Crippen LogP contribution in [0.1, 0.15) is 37.0 Å². The number of carboxylic acids is 1. The lowest BCUT2D eigenvalue weighted by molar-refractivity contribution is -0.135. The minimum atomic E-state index is -1.07. The van der Waals surface area contributed by atoms with Crippen LogP contribution < -0.4 is 10.1 Å². The molecule has 1 aliphatic heterocycles. The lowest BCUT2D eigenvalue weighted by Gasteiger charge is -2.33. The topological polar surface area (TPSA) is 78.9 Å². The van der Waals surface area contributed by atoms with Gasteiger partial charge in [0.2, 0.25) is 0 Å². The Hall–Kier alpha value is -2.58. The van der Waals surface area contributed by atoms with Gasteiger partial charge in [0, 0.05) is 24.0 Å². The third-order valence-corrected chi connectivity index (χ3v) is 5.96. The van der Waals surface area contributed by atoms with Gasteiger partial charge in [0.15, 0.2) is 5.60 Å². The molecule has 30 heavy (non-hydrogen) atoms. The van der Waals surface area contributed by atoms with Gasteiger partial charge in [-0.25, -0.2) is 13.5 Å². The second kappa shape index (κ2) is 9.49. The number of aromatic carboxylic acids is 1. The Morgan fingerprint density at radius 3 is 2.27 bits per heavy atom. The lowest BCUT2D eigenvalue weighted by atomic mass is 10.0. The van der Waals surface area contributed by atoms with E-state index in [-0.39, 0.29) is 23.3 Å². The van der Waals surface area contributed by atoms with E-state index in [1.165, 1.54) is 24.3 Å². The molecule has 0 aliphatic carbocycles. The van der Waals surface area contributed by atoms with Crippen molar-refractivity contribution < 1.29 is 23.8 Å². The molecule has 0 saturated carbocycles. The zero-order valence-corrected chi connectivity index (χ0v) is 17.7. The Balaban J connectivity index is 1.46. The average Bonchev–Trinajstić information content (AvgIpc) is 2.71. The Bertz CT molecular complexity index is 879. The molecule has 2 aromatic carbocycles. The van der Waals surface area contributed by atoms with Crippen LogP contribution in [0.4, 0.5) is 4.39 Å². The normalized spacial score (nSPS) is 15.6. The van der Waals surface area contributed by atoms with Crippen molar-refractivity contribution in [3.8, 4) is 5.75 Å². The molecule has 0 bridgehead atoms. The number of carbonyl (C=O) groups is 2. The first kappa shape index (κ1) is 22.1. The molecule has 0 aromatic heterocycles. The molecule has 0 atom stereocenters. The molecular formula is C22H25FN2O4S. The monoisotopic (exact) mass is 432 g/mol. The van der Waals surface area contributed by atoms with E-state index in [9.17, 15) is 14.0 Å². The fourth-order valence-electron chi connectivity index (χ4n) is 3.10. The van der Waals surface area contributed by atoms with Crippen LogP contribution in [0.25, 0.3) is 0 Å². The molecular weight excluding hydrogens is 407 g/mol. The summed E-state index contributed by atoms with van der Waals surface area (Å²) in [6, 6.07) is 12.5. The predicted octanol–water partition coefficient (Wildman–Crippen LogP) is 3.97. The number of carboxylic acid groups (broad SMARTS) is 1. The summed E-state index contributed by atoms with van der Waals surface area (Å²) in [5, 5.41) is 12.0. The standard InChI is InChI=1S/C22H25FN2O4S/c1-22(2,29-18-7-5-16(23)6-8-18)21(28)24-17-11-13-25(14-12-17)30-19-9-3-15(4-10-19)20(26)27/h3-10,17H,11-14H2,1-2H3,(H,24,28)(H,26,27). The van der Waals surface area contributed by atoms with Gasteiger partial charge in [-0.15, -0.1) is 0 Å². The minimum Gasteiger partial charge on any atom is -0.478 e. The number of rotatable bonds is 7. The molecule has 8 heteroatoms. The summed E-state index contributed by atoms with van der Waals surface area (Å²) in [6.07, 6.45) is 1.61. The van der Waals surface area contributed by atoms with Gasteiger partial charge in [0.1, 0.15) is 11.6 Å². The summed E-state index contributed by atoms with van der Waals surface area (Å²) in [7, 11) is 0. The van der Waals surface area contributed by atoms with Crippen LogP contribution >= 0.6 is 11.9 Å². The summed E-state index contributed by atoms with van der Waals surface area (Å²) in [5.41, 5.74) is -0.804. The molecule has 0 radical (unpaired) electrons. The molecule has 1 amide bonds. The molecule has 0 spiro atoms. The zero-order chi connectivity index (χ0) is 21.7. The molecule has 3 rings (SSSR count). The molecule has 6 nitrogen and oxygen atoms in total. The Morgan fingerprint density at radius 1 is 1.10 bits per heavy atom. The van der Waals surface area contributed by atoms with Gasteiger partial charge in [-0.05, 0) is 87.2 Å². The number of halogens is 1. The molecule has 1 saturated heterocycles. The van der Waals surface area contributed by atoms with Crippen molar-refractivity contribution >= 4 is 23.8 Å². The van der Waals surface area contributed by atoms with E-state index in [2.05, 4.69) is 9.62 Å². The predicted molar refractivity (Wildman–Crippen MR) is 113 cm³/mol. The van der Waals surface area contributed by atoms with Gasteiger partial charge in [-0.3, -0.25) is 4.79 Å². The largest absolute Gasteiger partial charge is 0.478 e. The maximum atomic E-state index is 13.0. The molecule has 1 heterocycles. The van der Waals surface area contributed by atoms with E-state index in [0.717, 1.165) is 30.8 Å². The van der Waals surface area contributed by atoms with Gasteiger partial charge >= 0.3 is 5.97 Å². The van der Waals surface area contributed by atoms with Crippen LogP contribution in [0.2, 0.25) is 0 Å². The number of benzene rings is 2. The maximum Gasteiger partial charge on any atom is 0.335 e. The highest BCUT2D eigenvalue weighted by Crippen LogP contribution is 2.27. The lowest BCUT2D eigenvalue weighted by Crippen LogP contribution is -2.52. The molecule has 2 N–H and O–H groups in total. The first-order chi connectivity index (χ1) is 14.2. The number of carbonyl (C=O) groups excluding carboxylic acids is 1. The van der Waals surface area contributed by atoms with Gasteiger partial charge in [0.25, 0.3) is 5.91 Å². The quantitative estimate of drug-likeness (QED) is 0.645. The zero-order valence-electron chi connectivity index (χ0n) is 16.9. The first-order valence-electron chi connectivity index (χ1n) is 9.75. The highest BCUT2D eigenvalue weighted by molar-refractivity contribution is 7.97. The maximum absolute atomic E-state index is 13.0. The third-order valence-electron chi connectivity index (χ3n) is 4.86. The molecule has 0 unspecified atom stereocenters. The van der Waals surface area contributed by atoms with Crippen LogP contribution in [-0.4, -0.2) is 46.0 Å². The Kier molecular flexibility index (Phi) is 6.99. The van der Waals surface area contributed by atoms with Crippen LogP contribution in [0.15, 0.2) is 53.4 Å². The summed E-state index contributed by atoms with van der Waals surface area (Å²) < 4.78 is 21.0. The van der Waals surface area contributed by atoms with Gasteiger partial charge in [-0.1, -0.05) is 0 Å². The van der Waals surface area contributed by atoms with Gasteiger partial charge in [0.05, 0.1) is 5.56 Å². The number of nitrogens with one attached hydrogen (secondary N) is 1. The molecule has 160 valence electrons. The fourth-order valence-corrected chi connectivity index (χ4v) is 4.05. The Labute approximate surface area is 179 Å². The van der Waals surface area contributed by atoms with Crippen molar-refractivity contribution in [2.75, 3.05) is 13.1 Å². The summed E-state index contributed by atoms with van der Waals surface area (Å²) in [4.78, 5) is 24.6. The van der Waals surface area contributed by atoms with Crippen molar-refractivity contribution in [1.29, 1.82) is 0 Å². The third kappa shape index (κ3) is 5.96. The number of piperidine rings is 1. The van der Waals surface area contributed by atoms with E-state index in [0.29, 0.717) is 5.75 Å². The van der Waals surface area contributed by atoms with Crippen molar-refractivity contribution in [3.63, 3.8) is 0 Å². The van der Waals surface area contributed by atoms with E-state index in [1.807, 2.05) is 0 Å². The summed E-state index contributed by atoms with van der Waals surface area (Å²) >= 11 is 1.59. The van der Waals surface area contributed by atoms with Crippen LogP contribution in [0.3, 0.4) is 0 Å². The van der Waals surface area contributed by atoms with Crippen molar-refractivity contribution in [2.24, 2.45) is 0 Å². The van der Waals surface area contributed by atoms with Crippen LogP contribution in [0, 0.1) is 5.82 Å². The second-order valence-corrected chi connectivity index (χ2v) is 8.83. The van der Waals surface area contributed by atoms with Crippen molar-refractivity contribution in [1.82, 2.24) is 9.62 Å². The molecule has 1 fully saturated rings. The summed E-state index contributed by atoms with van der Waals surface area (Å²) in [5.74, 6) is -1.06. The number of hydrogen-bond acceptors (Lipinski definition) is 5. The second-order valence-electron chi connectivity index (χ2n) is 7.66. The number of hydrogen-bond donors (Lipinski definition) is 2. The highest BCUT2D eigenvalue weighted by Gasteiger charge is 2.32. The van der Waals surface area contributed by atoms with E-state index in [1.54, 1.807) is 50.1 Å². The minimum absolute atomic E-state index is 0.0554. The highest BCUT2D eigenvalue weighted by atomic mass is 32.2. The van der Waals surface area contributed by atoms with E-state index >= 15 is 0 Å². The Morgan fingerprint density at radius 2 is 1.70 bits per heavy atom. The first-order valence-corrected chi connectivity index (χ1v) is 10.5. The number of ether oxygens (including phenoxy) is 1. The van der Waals surface area contributed by atoms with Crippen molar-refractivity contribution in [2.45, 2.75) is 43.2 Å². The van der Waals surface area contributed by atoms with Crippen LogP contribution in [-0.2, 0) is 4.79 Å². The summed E-state index contributed by atoms with van der Waals surface area (Å²) in [6.45, 7) is 4.99. The van der Waals surface area contributed by atoms with E-state index < -0.39 is 11.6 Å². The smallest absolute Gasteiger partial charge is 0.335 e. The molecule has 1 aliphatic rings. The van der Waals surface area contributed by atoms with Gasteiger partial charge < -0.3 is 15.2 Å². The average molecular weight is 433 g/mol. The number of amides is 1. The van der Waals surface area contributed by atoms with E-state index in [4.69, 9.17) is 9.84 Å². The molecule has 2 aromatic rings. The van der Waals surface area contributed by atoms with Gasteiger partial charge in [-0.2, -0.15) is 0 Å². The van der Waals surface area contributed by atoms with Crippen molar-refractivity contribution in [3.05, 3.63) is 59.9 Å². The fraction of sp³-hybridized carbons (Fsp3) is 0.364.